The van der Waals surface area contributed by atoms with E-state index in [0.717, 1.165) is 18.2 Å². The molecule has 0 saturated carbocycles. The number of hydrogen-bond donors (Lipinski definition) is 1. The van der Waals surface area contributed by atoms with Crippen molar-refractivity contribution in [1.29, 1.82) is 0 Å². The van der Waals surface area contributed by atoms with E-state index < -0.39 is 23.6 Å². The third-order valence-corrected chi connectivity index (χ3v) is 3.11. The Labute approximate surface area is 120 Å². The van der Waals surface area contributed by atoms with Gasteiger partial charge in [-0.3, -0.25) is 0 Å². The van der Waals surface area contributed by atoms with E-state index in [0.29, 0.717) is 11.1 Å². The van der Waals surface area contributed by atoms with Gasteiger partial charge < -0.3 is 9.84 Å². The van der Waals surface area contributed by atoms with Gasteiger partial charge in [0.05, 0.1) is 13.2 Å². The maximum absolute atomic E-state index is 13.9. The molecule has 1 atom stereocenters. The molecule has 5 heteroatoms. The van der Waals surface area contributed by atoms with Gasteiger partial charge in [-0.25, -0.2) is 13.2 Å². The third kappa shape index (κ3) is 3.98. The predicted octanol–water partition coefficient (Wildman–Crippen LogP) is 3.26. The van der Waals surface area contributed by atoms with Crippen molar-refractivity contribution in [3.8, 4) is 5.75 Å². The van der Waals surface area contributed by atoms with E-state index in [9.17, 15) is 18.3 Å². The van der Waals surface area contributed by atoms with Gasteiger partial charge in [0.15, 0.2) is 11.6 Å². The second-order valence-corrected chi connectivity index (χ2v) is 4.77. The first-order valence-electron chi connectivity index (χ1n) is 6.44. The fourth-order valence-corrected chi connectivity index (χ4v) is 2.20. The highest BCUT2D eigenvalue weighted by Gasteiger charge is 2.14. The van der Waals surface area contributed by atoms with Crippen molar-refractivity contribution >= 4 is 0 Å². The lowest BCUT2D eigenvalue weighted by molar-refractivity contribution is 0.173. The average molecular weight is 296 g/mol. The number of rotatable bonds is 5. The van der Waals surface area contributed by atoms with Crippen LogP contribution in [0.2, 0.25) is 0 Å². The normalized spacial score (nSPS) is 12.2. The van der Waals surface area contributed by atoms with Crippen LogP contribution in [0.3, 0.4) is 0 Å². The Morgan fingerprint density at radius 2 is 1.71 bits per heavy atom. The molecule has 0 radical (unpaired) electrons. The number of hydrogen-bond acceptors (Lipinski definition) is 2. The fraction of sp³-hybridized carbons (Fsp3) is 0.250. The van der Waals surface area contributed by atoms with Crippen LogP contribution in [0.25, 0.3) is 0 Å². The lowest BCUT2D eigenvalue weighted by Crippen LogP contribution is -2.15. The molecule has 2 aromatic carbocycles. The van der Waals surface area contributed by atoms with Crippen LogP contribution in [0.15, 0.2) is 36.4 Å². The molecule has 1 N–H and O–H groups in total. The van der Waals surface area contributed by atoms with Gasteiger partial charge >= 0.3 is 0 Å². The van der Waals surface area contributed by atoms with Gasteiger partial charge in [0.25, 0.3) is 0 Å². The van der Waals surface area contributed by atoms with Crippen molar-refractivity contribution in [2.24, 2.45) is 0 Å². The van der Waals surface area contributed by atoms with Crippen LogP contribution >= 0.6 is 0 Å². The molecule has 2 aromatic rings. The summed E-state index contributed by atoms with van der Waals surface area (Å²) < 4.78 is 44.9. The highest BCUT2D eigenvalue weighted by atomic mass is 19.1. The van der Waals surface area contributed by atoms with Crippen molar-refractivity contribution in [3.05, 3.63) is 65.0 Å². The Morgan fingerprint density at radius 1 is 1.05 bits per heavy atom. The lowest BCUT2D eigenvalue weighted by Gasteiger charge is -2.13. The Hall–Kier alpha value is -2.01. The number of halogens is 3. The summed E-state index contributed by atoms with van der Waals surface area (Å²) in [4.78, 5) is 0. The Morgan fingerprint density at radius 3 is 2.33 bits per heavy atom. The van der Waals surface area contributed by atoms with Crippen molar-refractivity contribution in [2.45, 2.75) is 18.9 Å². The molecule has 0 heterocycles. The first kappa shape index (κ1) is 15.4. The summed E-state index contributed by atoms with van der Waals surface area (Å²) in [6, 6.07) is 7.69. The number of ether oxygens (including phenoxy) is 1. The van der Waals surface area contributed by atoms with E-state index in [4.69, 9.17) is 4.74 Å². The molecule has 0 aliphatic heterocycles. The van der Waals surface area contributed by atoms with Crippen LogP contribution in [0.1, 0.15) is 11.1 Å². The molecule has 2 nitrogen and oxygen atoms in total. The minimum Gasteiger partial charge on any atom is -0.494 e. The van der Waals surface area contributed by atoms with E-state index in [1.807, 2.05) is 0 Å². The quantitative estimate of drug-likeness (QED) is 0.917. The lowest BCUT2D eigenvalue weighted by atomic mass is 10.0. The topological polar surface area (TPSA) is 29.5 Å². The summed E-state index contributed by atoms with van der Waals surface area (Å²) in [6.07, 6.45) is -0.889. The molecule has 0 saturated heterocycles. The summed E-state index contributed by atoms with van der Waals surface area (Å²) in [6.45, 7) is 0. The van der Waals surface area contributed by atoms with Crippen molar-refractivity contribution < 1.29 is 23.0 Å². The zero-order valence-corrected chi connectivity index (χ0v) is 11.4. The van der Waals surface area contributed by atoms with Gasteiger partial charge in [-0.2, -0.15) is 0 Å². The maximum atomic E-state index is 13.9. The first-order valence-corrected chi connectivity index (χ1v) is 6.44. The number of methoxy groups -OCH3 is 1. The fourth-order valence-electron chi connectivity index (χ4n) is 2.20. The Bertz CT molecular complexity index is 609. The molecule has 1 unspecified atom stereocenters. The van der Waals surface area contributed by atoms with Gasteiger partial charge in [-0.15, -0.1) is 0 Å². The molecule has 0 bridgehead atoms. The molecule has 0 aliphatic rings. The summed E-state index contributed by atoms with van der Waals surface area (Å²) in [5.41, 5.74) is 0.613. The second-order valence-electron chi connectivity index (χ2n) is 4.77. The summed E-state index contributed by atoms with van der Waals surface area (Å²) in [5.74, 6) is -1.85. The molecule has 0 spiro atoms. The second kappa shape index (κ2) is 6.63. The van der Waals surface area contributed by atoms with Crippen LogP contribution < -0.4 is 4.74 Å². The SMILES string of the molecule is COc1cccc(CC(O)Cc2cc(F)cc(F)c2)c1F. The summed E-state index contributed by atoms with van der Waals surface area (Å²) >= 11 is 0. The Balaban J connectivity index is 2.09. The largest absolute Gasteiger partial charge is 0.494 e. The van der Waals surface area contributed by atoms with E-state index >= 15 is 0 Å². The minimum atomic E-state index is -0.951. The summed E-state index contributed by atoms with van der Waals surface area (Å²) in [7, 11) is 1.36. The molecule has 0 aliphatic carbocycles. The van der Waals surface area contributed by atoms with Gasteiger partial charge in [0.2, 0.25) is 0 Å². The van der Waals surface area contributed by atoms with E-state index in [-0.39, 0.29) is 18.6 Å². The van der Waals surface area contributed by atoms with Crippen molar-refractivity contribution in [2.75, 3.05) is 7.11 Å². The van der Waals surface area contributed by atoms with Crippen molar-refractivity contribution in [3.63, 3.8) is 0 Å². The average Bonchev–Trinajstić information content (AvgIpc) is 2.40. The van der Waals surface area contributed by atoms with Crippen LogP contribution in [0.5, 0.6) is 5.75 Å². The third-order valence-electron chi connectivity index (χ3n) is 3.11. The molecular weight excluding hydrogens is 281 g/mol. The van der Waals surface area contributed by atoms with Gasteiger partial charge in [-0.1, -0.05) is 12.1 Å². The maximum Gasteiger partial charge on any atom is 0.168 e. The van der Waals surface area contributed by atoms with Crippen LogP contribution in [-0.4, -0.2) is 18.3 Å². The number of aliphatic hydroxyl groups is 1. The van der Waals surface area contributed by atoms with Crippen LogP contribution in [-0.2, 0) is 12.8 Å². The molecule has 21 heavy (non-hydrogen) atoms. The molecule has 0 aromatic heterocycles. The summed E-state index contributed by atoms with van der Waals surface area (Å²) in [5, 5.41) is 9.97. The number of aliphatic hydroxyl groups excluding tert-OH is 1. The van der Waals surface area contributed by atoms with E-state index in [1.165, 1.54) is 19.2 Å². The first-order chi connectivity index (χ1) is 9.99. The van der Waals surface area contributed by atoms with Crippen molar-refractivity contribution in [1.82, 2.24) is 0 Å². The molecule has 0 fully saturated rings. The zero-order valence-electron chi connectivity index (χ0n) is 11.4. The monoisotopic (exact) mass is 296 g/mol. The van der Waals surface area contributed by atoms with Crippen LogP contribution in [0.4, 0.5) is 13.2 Å². The highest BCUT2D eigenvalue weighted by Crippen LogP contribution is 2.22. The molecule has 112 valence electrons. The smallest absolute Gasteiger partial charge is 0.168 e. The highest BCUT2D eigenvalue weighted by molar-refractivity contribution is 5.31. The Kier molecular flexibility index (Phi) is 4.85. The van der Waals surface area contributed by atoms with Gasteiger partial charge in [0.1, 0.15) is 11.6 Å². The zero-order chi connectivity index (χ0) is 15.4. The van der Waals surface area contributed by atoms with Gasteiger partial charge in [0, 0.05) is 12.5 Å². The molecule has 2 rings (SSSR count). The van der Waals surface area contributed by atoms with Crippen LogP contribution in [0, 0.1) is 17.5 Å². The van der Waals surface area contributed by atoms with E-state index in [1.54, 1.807) is 6.07 Å². The standard InChI is InChI=1S/C16H15F3O2/c1-21-15-4-2-3-11(16(15)19)8-14(20)7-10-5-12(17)9-13(18)6-10/h2-6,9,14,20H,7-8H2,1H3. The predicted molar refractivity (Wildman–Crippen MR) is 72.7 cm³/mol. The minimum absolute atomic E-state index is 0.0289. The number of benzene rings is 2. The molecule has 0 amide bonds. The van der Waals surface area contributed by atoms with E-state index in [2.05, 4.69) is 0 Å². The molecular formula is C16H15F3O2. The van der Waals surface area contributed by atoms with Gasteiger partial charge in [-0.05, 0) is 35.7 Å².